The van der Waals surface area contributed by atoms with Crippen LogP contribution in [-0.2, 0) is 28.6 Å². The quantitative estimate of drug-likeness (QED) is 0.0262. The molecule has 1 atom stereocenters. The molecule has 0 bridgehead atoms. The normalized spacial score (nSPS) is 12.5. The van der Waals surface area contributed by atoms with Gasteiger partial charge in [-0.25, -0.2) is 0 Å². The molecular weight excluding hydrogens is 781 g/mol. The third-order valence-electron chi connectivity index (χ3n) is 11.5. The van der Waals surface area contributed by atoms with Gasteiger partial charge in [-0.2, -0.15) is 0 Å². The van der Waals surface area contributed by atoms with E-state index in [1.165, 1.54) is 122 Å². The van der Waals surface area contributed by atoms with Crippen molar-refractivity contribution in [1.29, 1.82) is 0 Å². The van der Waals surface area contributed by atoms with E-state index in [1.54, 1.807) is 0 Å². The molecular formula is C57H100O6. The summed E-state index contributed by atoms with van der Waals surface area (Å²) in [5.41, 5.74) is 0. The van der Waals surface area contributed by atoms with Crippen molar-refractivity contribution in [3.8, 4) is 0 Å². The Morgan fingerprint density at radius 1 is 0.317 bits per heavy atom. The second kappa shape index (κ2) is 51.7. The molecule has 0 aliphatic carbocycles. The minimum Gasteiger partial charge on any atom is -0.462 e. The first-order valence-electron chi connectivity index (χ1n) is 26.8. The van der Waals surface area contributed by atoms with Crippen LogP contribution >= 0.6 is 0 Å². The van der Waals surface area contributed by atoms with E-state index in [2.05, 4.69) is 81.5 Å². The lowest BCUT2D eigenvalue weighted by molar-refractivity contribution is -0.167. The number of hydrogen-bond donors (Lipinski definition) is 0. The van der Waals surface area contributed by atoms with Crippen molar-refractivity contribution < 1.29 is 28.6 Å². The zero-order valence-electron chi connectivity index (χ0n) is 41.6. The molecule has 6 nitrogen and oxygen atoms in total. The maximum atomic E-state index is 12.8. The van der Waals surface area contributed by atoms with Crippen LogP contribution in [0.3, 0.4) is 0 Å². The van der Waals surface area contributed by atoms with Gasteiger partial charge in [-0.3, -0.25) is 14.4 Å². The summed E-state index contributed by atoms with van der Waals surface area (Å²) in [6.45, 7) is 6.54. The van der Waals surface area contributed by atoms with Crippen LogP contribution in [-0.4, -0.2) is 37.2 Å². The summed E-state index contributed by atoms with van der Waals surface area (Å²) in [4.78, 5) is 38.0. The molecule has 0 aliphatic heterocycles. The van der Waals surface area contributed by atoms with E-state index in [0.717, 1.165) is 103 Å². The van der Waals surface area contributed by atoms with Gasteiger partial charge in [0.15, 0.2) is 6.10 Å². The highest BCUT2D eigenvalue weighted by molar-refractivity contribution is 5.71. The first-order valence-corrected chi connectivity index (χ1v) is 26.8. The summed E-state index contributed by atoms with van der Waals surface area (Å²) in [7, 11) is 0. The molecule has 63 heavy (non-hydrogen) atoms. The molecule has 0 rings (SSSR count). The van der Waals surface area contributed by atoms with Crippen LogP contribution in [0.2, 0.25) is 0 Å². The molecule has 0 aromatic carbocycles. The predicted octanol–water partition coefficient (Wildman–Crippen LogP) is 17.6. The molecule has 0 spiro atoms. The second-order valence-electron chi connectivity index (χ2n) is 17.8. The Morgan fingerprint density at radius 3 is 0.937 bits per heavy atom. The molecule has 0 heterocycles. The number of carbonyl (C=O) groups excluding carboxylic acids is 3. The number of rotatable bonds is 48. The van der Waals surface area contributed by atoms with E-state index in [9.17, 15) is 14.4 Å². The van der Waals surface area contributed by atoms with E-state index < -0.39 is 6.10 Å². The highest BCUT2D eigenvalue weighted by Gasteiger charge is 2.19. The Kier molecular flexibility index (Phi) is 49.4. The van der Waals surface area contributed by atoms with E-state index in [-0.39, 0.29) is 31.1 Å². The molecule has 0 radical (unpaired) electrons. The highest BCUT2D eigenvalue weighted by Crippen LogP contribution is 2.14. The lowest BCUT2D eigenvalue weighted by atomic mass is 10.1. The molecule has 0 saturated heterocycles. The summed E-state index contributed by atoms with van der Waals surface area (Å²) in [6, 6.07) is 0. The monoisotopic (exact) mass is 881 g/mol. The van der Waals surface area contributed by atoms with Gasteiger partial charge < -0.3 is 14.2 Å². The minimum absolute atomic E-state index is 0.0864. The van der Waals surface area contributed by atoms with Crippen LogP contribution in [0.25, 0.3) is 0 Å². The SMILES string of the molecule is CCCC/C=C\C/C=C\CCCCCCCC(=O)OCC(COC(=O)CCCCCCCCC/C=C\CCCCCCCC)OC(=O)CCCCCCC/C=C\C/C=C\CCCC. The standard InChI is InChI=1S/C57H100O6/c1-4-7-10-13-16-19-22-25-28-29-30-33-35-38-41-44-47-50-56(59)62-53-54(63-57(60)51-48-45-42-39-36-32-27-24-21-18-15-12-9-6-3)52-61-55(58)49-46-43-40-37-34-31-26-23-20-17-14-11-8-5-2/h14-15,17-18,23-28,54H,4-13,16,19-22,29-53H2,1-3H3/b17-14-,18-15-,26-23-,27-24-,28-25-. The third kappa shape index (κ3) is 50.0. The lowest BCUT2D eigenvalue weighted by Gasteiger charge is -2.18. The molecule has 0 aromatic heterocycles. The van der Waals surface area contributed by atoms with Crippen molar-refractivity contribution in [3.05, 3.63) is 60.8 Å². The summed E-state index contributed by atoms with van der Waals surface area (Å²) in [5.74, 6) is -0.914. The van der Waals surface area contributed by atoms with Gasteiger partial charge in [0.2, 0.25) is 0 Å². The molecule has 0 amide bonds. The summed E-state index contributed by atoms with van der Waals surface area (Å²) < 4.78 is 16.8. The fraction of sp³-hybridized carbons (Fsp3) is 0.772. The van der Waals surface area contributed by atoms with Gasteiger partial charge in [-0.05, 0) is 96.3 Å². The zero-order valence-corrected chi connectivity index (χ0v) is 41.6. The fourth-order valence-electron chi connectivity index (χ4n) is 7.35. The number of allylic oxidation sites excluding steroid dienone is 10. The summed E-state index contributed by atoms with van der Waals surface area (Å²) in [5, 5.41) is 0. The number of carbonyl (C=O) groups is 3. The maximum absolute atomic E-state index is 12.8. The van der Waals surface area contributed by atoms with Gasteiger partial charge in [0.1, 0.15) is 13.2 Å². The van der Waals surface area contributed by atoms with Gasteiger partial charge >= 0.3 is 17.9 Å². The molecule has 0 N–H and O–H groups in total. The van der Waals surface area contributed by atoms with E-state index in [1.807, 2.05) is 0 Å². The first-order chi connectivity index (χ1) is 31.0. The molecule has 364 valence electrons. The molecule has 0 saturated carbocycles. The first kappa shape index (κ1) is 60.1. The van der Waals surface area contributed by atoms with Crippen molar-refractivity contribution in [2.24, 2.45) is 0 Å². The van der Waals surface area contributed by atoms with Gasteiger partial charge in [-0.1, -0.05) is 210 Å². The smallest absolute Gasteiger partial charge is 0.306 e. The van der Waals surface area contributed by atoms with Gasteiger partial charge in [0.05, 0.1) is 0 Å². The number of esters is 3. The third-order valence-corrected chi connectivity index (χ3v) is 11.5. The van der Waals surface area contributed by atoms with Crippen molar-refractivity contribution in [1.82, 2.24) is 0 Å². The van der Waals surface area contributed by atoms with E-state index >= 15 is 0 Å². The Hall–Kier alpha value is -2.89. The van der Waals surface area contributed by atoms with Crippen molar-refractivity contribution in [2.75, 3.05) is 13.2 Å². The summed E-state index contributed by atoms with van der Waals surface area (Å²) in [6.07, 6.45) is 63.4. The van der Waals surface area contributed by atoms with Crippen molar-refractivity contribution in [3.63, 3.8) is 0 Å². The second-order valence-corrected chi connectivity index (χ2v) is 17.8. The van der Waals surface area contributed by atoms with Gasteiger partial charge in [0.25, 0.3) is 0 Å². The largest absolute Gasteiger partial charge is 0.462 e. The topological polar surface area (TPSA) is 78.9 Å². The average Bonchev–Trinajstić information content (AvgIpc) is 3.28. The molecule has 1 unspecified atom stereocenters. The minimum atomic E-state index is -0.788. The van der Waals surface area contributed by atoms with Crippen LogP contribution < -0.4 is 0 Å². The fourth-order valence-corrected chi connectivity index (χ4v) is 7.35. The van der Waals surface area contributed by atoms with Crippen molar-refractivity contribution in [2.45, 2.75) is 271 Å². The Bertz CT molecular complexity index is 1150. The highest BCUT2D eigenvalue weighted by atomic mass is 16.6. The van der Waals surface area contributed by atoms with Gasteiger partial charge in [0, 0.05) is 19.3 Å². The number of unbranched alkanes of at least 4 members (excludes halogenated alkanes) is 27. The molecule has 0 fully saturated rings. The van der Waals surface area contributed by atoms with Crippen LogP contribution in [0.4, 0.5) is 0 Å². The zero-order chi connectivity index (χ0) is 45.8. The van der Waals surface area contributed by atoms with Crippen LogP contribution in [0.1, 0.15) is 265 Å². The molecule has 6 heteroatoms. The lowest BCUT2D eigenvalue weighted by Crippen LogP contribution is -2.30. The molecule has 0 aromatic rings. The Morgan fingerprint density at radius 2 is 0.587 bits per heavy atom. The van der Waals surface area contributed by atoms with Crippen molar-refractivity contribution >= 4 is 17.9 Å². The number of hydrogen-bond acceptors (Lipinski definition) is 6. The van der Waals surface area contributed by atoms with Gasteiger partial charge in [-0.15, -0.1) is 0 Å². The predicted molar refractivity (Wildman–Crippen MR) is 270 cm³/mol. The van der Waals surface area contributed by atoms with Crippen LogP contribution in [0.5, 0.6) is 0 Å². The van der Waals surface area contributed by atoms with Crippen LogP contribution in [0, 0.1) is 0 Å². The number of ether oxygens (including phenoxy) is 3. The van der Waals surface area contributed by atoms with E-state index in [4.69, 9.17) is 14.2 Å². The Balaban J connectivity index is 4.41. The summed E-state index contributed by atoms with van der Waals surface area (Å²) >= 11 is 0. The average molecular weight is 881 g/mol. The maximum Gasteiger partial charge on any atom is 0.306 e. The Labute approximate surface area is 390 Å². The van der Waals surface area contributed by atoms with E-state index in [0.29, 0.717) is 19.3 Å². The van der Waals surface area contributed by atoms with Crippen LogP contribution in [0.15, 0.2) is 60.8 Å². The molecule has 0 aliphatic rings.